The molecule has 0 atom stereocenters. The molecule has 0 aliphatic heterocycles. The Bertz CT molecular complexity index is 1170. The first-order valence-electron chi connectivity index (χ1n) is 11.6. The maximum absolute atomic E-state index is 5.67. The van der Waals surface area contributed by atoms with Crippen molar-refractivity contribution in [3.8, 4) is 22.5 Å². The molecule has 0 bridgehead atoms. The van der Waals surface area contributed by atoms with Crippen LogP contribution in [0.25, 0.3) is 22.5 Å². The number of hydrogen-bond donors (Lipinski definition) is 1. The van der Waals surface area contributed by atoms with Crippen LogP contribution < -0.4 is 0 Å². The molecule has 0 amide bonds. The summed E-state index contributed by atoms with van der Waals surface area (Å²) in [4.78, 5) is 4.81. The number of unbranched alkanes of at least 4 members (excludes halogenated alkanes) is 1. The van der Waals surface area contributed by atoms with Crippen molar-refractivity contribution >= 4 is 0 Å². The third kappa shape index (κ3) is 4.76. The molecule has 0 saturated heterocycles. The molecule has 2 aromatic carbocycles. The van der Waals surface area contributed by atoms with Crippen LogP contribution in [0.15, 0.2) is 48.5 Å². The van der Waals surface area contributed by atoms with E-state index in [4.69, 9.17) is 19.6 Å². The van der Waals surface area contributed by atoms with Crippen LogP contribution in [-0.4, -0.2) is 49.6 Å². The normalized spacial score (nSPS) is 11.8. The molecule has 178 valence electrons. The van der Waals surface area contributed by atoms with Crippen LogP contribution in [0.3, 0.4) is 0 Å². The van der Waals surface area contributed by atoms with E-state index in [1.54, 1.807) is 14.2 Å². The van der Waals surface area contributed by atoms with Gasteiger partial charge < -0.3 is 9.47 Å². The molecule has 0 unspecified atom stereocenters. The summed E-state index contributed by atoms with van der Waals surface area (Å²) in [5.41, 5.74) is 4.24. The highest BCUT2D eigenvalue weighted by molar-refractivity contribution is 5.80. The minimum Gasteiger partial charge on any atom is -0.347 e. The molecular weight excluding hydrogens is 430 g/mol. The Balaban J connectivity index is 1.62. The van der Waals surface area contributed by atoms with Crippen LogP contribution in [0.1, 0.15) is 50.3 Å². The fraction of sp³-hybridized carbons (Fsp3) is 0.400. The van der Waals surface area contributed by atoms with E-state index in [9.17, 15) is 0 Å². The van der Waals surface area contributed by atoms with E-state index < -0.39 is 5.79 Å². The molecule has 0 aliphatic rings. The number of methoxy groups -OCH3 is 2. The molecule has 0 aliphatic carbocycles. The van der Waals surface area contributed by atoms with E-state index in [-0.39, 0.29) is 0 Å². The van der Waals surface area contributed by atoms with Gasteiger partial charge in [0.25, 0.3) is 0 Å². The Hall–Kier alpha value is -3.43. The van der Waals surface area contributed by atoms with E-state index in [0.717, 1.165) is 47.3 Å². The average Bonchev–Trinajstić information content (AvgIpc) is 3.56. The highest BCUT2D eigenvalue weighted by Gasteiger charge is 2.35. The van der Waals surface area contributed by atoms with Crippen LogP contribution in [0, 0.1) is 0 Å². The van der Waals surface area contributed by atoms with Gasteiger partial charge in [-0.25, -0.2) is 14.8 Å². The number of nitrogens with one attached hydrogen (secondary N) is 1. The zero-order valence-electron chi connectivity index (χ0n) is 20.2. The lowest BCUT2D eigenvalue weighted by atomic mass is 9.98. The molecule has 4 aromatic rings. The van der Waals surface area contributed by atoms with E-state index in [1.165, 1.54) is 0 Å². The topological polar surface area (TPSA) is 104 Å². The molecule has 9 nitrogen and oxygen atoms in total. The van der Waals surface area contributed by atoms with Gasteiger partial charge in [0, 0.05) is 32.6 Å². The Morgan fingerprint density at radius 1 is 0.971 bits per heavy atom. The van der Waals surface area contributed by atoms with Gasteiger partial charge in [-0.1, -0.05) is 68.8 Å². The first-order valence-corrected chi connectivity index (χ1v) is 11.6. The van der Waals surface area contributed by atoms with Crippen molar-refractivity contribution in [2.45, 2.75) is 51.9 Å². The lowest BCUT2D eigenvalue weighted by Gasteiger charge is -2.26. The number of ether oxygens (including phenoxy) is 2. The molecule has 0 radical (unpaired) electrons. The van der Waals surface area contributed by atoms with Crippen molar-refractivity contribution in [2.24, 2.45) is 0 Å². The largest absolute Gasteiger partial charge is 0.347 e. The summed E-state index contributed by atoms with van der Waals surface area (Å²) >= 11 is 0. The number of nitrogens with zero attached hydrogens (tertiary/aromatic N) is 6. The molecule has 9 heteroatoms. The van der Waals surface area contributed by atoms with Crippen LogP contribution >= 0.6 is 0 Å². The number of H-pyrrole nitrogens is 1. The van der Waals surface area contributed by atoms with Crippen LogP contribution in [0.5, 0.6) is 0 Å². The molecular formula is C25H31N7O2. The number of tetrazole rings is 1. The number of aromatic amines is 1. The van der Waals surface area contributed by atoms with Gasteiger partial charge in [0.15, 0.2) is 5.82 Å². The van der Waals surface area contributed by atoms with Crippen molar-refractivity contribution in [1.29, 1.82) is 0 Å². The summed E-state index contributed by atoms with van der Waals surface area (Å²) in [7, 11) is 3.26. The summed E-state index contributed by atoms with van der Waals surface area (Å²) < 4.78 is 13.3. The maximum atomic E-state index is 5.67. The van der Waals surface area contributed by atoms with Gasteiger partial charge >= 0.3 is 0 Å². The Morgan fingerprint density at radius 3 is 2.32 bits per heavy atom. The van der Waals surface area contributed by atoms with Crippen LogP contribution in [0.2, 0.25) is 0 Å². The van der Waals surface area contributed by atoms with Gasteiger partial charge in [0.1, 0.15) is 5.82 Å². The van der Waals surface area contributed by atoms with Crippen molar-refractivity contribution in [1.82, 2.24) is 35.4 Å². The Morgan fingerprint density at radius 2 is 1.71 bits per heavy atom. The van der Waals surface area contributed by atoms with Gasteiger partial charge in [0.2, 0.25) is 11.6 Å². The lowest BCUT2D eigenvalue weighted by Crippen LogP contribution is -2.31. The van der Waals surface area contributed by atoms with E-state index in [2.05, 4.69) is 57.9 Å². The monoisotopic (exact) mass is 461 g/mol. The number of rotatable bonds is 11. The second kappa shape index (κ2) is 10.7. The Kier molecular flexibility index (Phi) is 7.44. The molecule has 2 aromatic heterocycles. The quantitative estimate of drug-likeness (QED) is 0.331. The van der Waals surface area contributed by atoms with Crippen LogP contribution in [0.4, 0.5) is 0 Å². The van der Waals surface area contributed by atoms with E-state index >= 15 is 0 Å². The summed E-state index contributed by atoms with van der Waals surface area (Å²) in [6, 6.07) is 16.5. The number of aryl methyl sites for hydroxylation is 1. The minimum atomic E-state index is -0.935. The van der Waals surface area contributed by atoms with Crippen LogP contribution in [-0.2, 0) is 28.2 Å². The second-order valence-electron chi connectivity index (χ2n) is 8.12. The van der Waals surface area contributed by atoms with Crippen molar-refractivity contribution in [3.05, 3.63) is 65.7 Å². The SMILES string of the molecule is CCCCc1nc(C(CC)(OC)OC)nn1Cc1ccc(-c2ccccc2-c2nnn[nH]2)cc1. The number of hydrogen-bond acceptors (Lipinski definition) is 7. The predicted octanol–water partition coefficient (Wildman–Crippen LogP) is 4.37. The maximum Gasteiger partial charge on any atom is 0.231 e. The average molecular weight is 462 g/mol. The second-order valence-corrected chi connectivity index (χ2v) is 8.12. The molecule has 4 rings (SSSR count). The highest BCUT2D eigenvalue weighted by Crippen LogP contribution is 2.30. The molecule has 0 saturated carbocycles. The zero-order valence-corrected chi connectivity index (χ0v) is 20.2. The van der Waals surface area contributed by atoms with Crippen molar-refractivity contribution in [2.75, 3.05) is 14.2 Å². The van der Waals surface area contributed by atoms with Gasteiger partial charge in [-0.3, -0.25) is 0 Å². The van der Waals surface area contributed by atoms with Gasteiger partial charge in [-0.2, -0.15) is 0 Å². The fourth-order valence-electron chi connectivity index (χ4n) is 4.07. The third-order valence-electron chi connectivity index (χ3n) is 6.09. The standard InChI is InChI=1S/C25H31N7O2/c1-5-7-12-22-26-24(25(6-2,33-3)34-4)29-32(22)17-18-13-15-19(16-14-18)20-10-8-9-11-21(20)23-27-30-31-28-23/h8-11,13-16H,5-7,12,17H2,1-4H3,(H,27,28,30,31). The van der Waals surface area contributed by atoms with E-state index in [0.29, 0.717) is 24.6 Å². The first-order chi connectivity index (χ1) is 16.6. The summed E-state index contributed by atoms with van der Waals surface area (Å²) in [5, 5.41) is 19.1. The summed E-state index contributed by atoms with van der Waals surface area (Å²) in [6.45, 7) is 4.80. The predicted molar refractivity (Wildman–Crippen MR) is 129 cm³/mol. The van der Waals surface area contributed by atoms with Crippen molar-refractivity contribution < 1.29 is 9.47 Å². The molecule has 1 N–H and O–H groups in total. The lowest BCUT2D eigenvalue weighted by molar-refractivity contribution is -0.222. The van der Waals surface area contributed by atoms with E-state index in [1.807, 2.05) is 29.8 Å². The van der Waals surface area contributed by atoms with Crippen molar-refractivity contribution in [3.63, 3.8) is 0 Å². The molecule has 2 heterocycles. The smallest absolute Gasteiger partial charge is 0.231 e. The summed E-state index contributed by atoms with van der Waals surface area (Å²) in [5.74, 6) is 1.22. The number of aromatic nitrogens is 7. The Labute approximate surface area is 199 Å². The fourth-order valence-corrected chi connectivity index (χ4v) is 4.07. The van der Waals surface area contributed by atoms with Gasteiger partial charge in [0.05, 0.1) is 6.54 Å². The molecule has 0 fully saturated rings. The van der Waals surface area contributed by atoms with Gasteiger partial charge in [-0.15, -0.1) is 10.2 Å². The summed E-state index contributed by atoms with van der Waals surface area (Å²) in [6.07, 6.45) is 3.60. The van der Waals surface area contributed by atoms with Gasteiger partial charge in [-0.05, 0) is 33.5 Å². The first kappa shape index (κ1) is 23.7. The zero-order chi connectivity index (χ0) is 24.0. The highest BCUT2D eigenvalue weighted by atomic mass is 16.7. The number of benzene rings is 2. The molecule has 34 heavy (non-hydrogen) atoms. The molecule has 0 spiro atoms. The minimum absolute atomic E-state index is 0.567. The third-order valence-corrected chi connectivity index (χ3v) is 6.09.